The summed E-state index contributed by atoms with van der Waals surface area (Å²) in [4.78, 5) is 11.6. The second-order valence-corrected chi connectivity index (χ2v) is 5.51. The zero-order chi connectivity index (χ0) is 18.2. The Kier molecular flexibility index (Phi) is 5.83. The highest BCUT2D eigenvalue weighted by atomic mass is 16.5. The van der Waals surface area contributed by atoms with Crippen LogP contribution < -0.4 is 4.74 Å². The molecular formula is C21H20N2O3. The van der Waals surface area contributed by atoms with E-state index in [1.165, 1.54) is 6.08 Å². The van der Waals surface area contributed by atoms with Crippen LogP contribution in [-0.4, -0.2) is 22.4 Å². The van der Waals surface area contributed by atoms with Gasteiger partial charge < -0.3 is 9.47 Å². The van der Waals surface area contributed by atoms with Crippen molar-refractivity contribution in [2.45, 2.75) is 13.5 Å². The SMILES string of the molecule is CCOC(=O)/C=C/c1cc(OCc2ccccc2)nn1-c1ccccc1. The van der Waals surface area contributed by atoms with E-state index in [1.807, 2.05) is 60.7 Å². The first-order valence-electron chi connectivity index (χ1n) is 8.43. The van der Waals surface area contributed by atoms with Gasteiger partial charge in [0.2, 0.25) is 5.88 Å². The van der Waals surface area contributed by atoms with Gasteiger partial charge in [0.25, 0.3) is 0 Å². The molecule has 0 N–H and O–H groups in total. The Morgan fingerprint density at radius 1 is 1.08 bits per heavy atom. The monoisotopic (exact) mass is 348 g/mol. The van der Waals surface area contributed by atoms with Gasteiger partial charge in [0.15, 0.2) is 0 Å². The molecule has 3 aromatic rings. The molecule has 0 aliphatic heterocycles. The van der Waals surface area contributed by atoms with Crippen molar-refractivity contribution in [2.24, 2.45) is 0 Å². The number of benzene rings is 2. The third-order valence-corrected chi connectivity index (χ3v) is 3.62. The molecule has 0 amide bonds. The molecule has 0 spiro atoms. The van der Waals surface area contributed by atoms with Crippen molar-refractivity contribution < 1.29 is 14.3 Å². The molecule has 0 saturated heterocycles. The highest BCUT2D eigenvalue weighted by Crippen LogP contribution is 2.19. The highest BCUT2D eigenvalue weighted by molar-refractivity contribution is 5.86. The Morgan fingerprint density at radius 3 is 2.46 bits per heavy atom. The van der Waals surface area contributed by atoms with Crippen molar-refractivity contribution >= 4 is 12.0 Å². The molecule has 5 nitrogen and oxygen atoms in total. The van der Waals surface area contributed by atoms with Gasteiger partial charge in [-0.1, -0.05) is 48.5 Å². The number of para-hydroxylation sites is 1. The summed E-state index contributed by atoms with van der Waals surface area (Å²) in [7, 11) is 0. The summed E-state index contributed by atoms with van der Waals surface area (Å²) in [6, 6.07) is 21.4. The fourth-order valence-electron chi connectivity index (χ4n) is 2.41. The Hall–Kier alpha value is -3.34. The first kappa shape index (κ1) is 17.5. The highest BCUT2D eigenvalue weighted by Gasteiger charge is 2.09. The molecule has 3 rings (SSSR count). The maximum absolute atomic E-state index is 11.6. The van der Waals surface area contributed by atoms with E-state index < -0.39 is 0 Å². The fourth-order valence-corrected chi connectivity index (χ4v) is 2.41. The average molecular weight is 348 g/mol. The average Bonchev–Trinajstić information content (AvgIpc) is 3.10. The summed E-state index contributed by atoms with van der Waals surface area (Å²) in [5, 5.41) is 4.51. The normalized spacial score (nSPS) is 10.8. The summed E-state index contributed by atoms with van der Waals surface area (Å²) < 4.78 is 12.5. The summed E-state index contributed by atoms with van der Waals surface area (Å²) in [5.41, 5.74) is 2.67. The fraction of sp³-hybridized carbons (Fsp3) is 0.143. The lowest BCUT2D eigenvalue weighted by Gasteiger charge is -2.04. The molecule has 26 heavy (non-hydrogen) atoms. The quantitative estimate of drug-likeness (QED) is 0.478. The van der Waals surface area contributed by atoms with E-state index in [9.17, 15) is 4.79 Å². The second-order valence-electron chi connectivity index (χ2n) is 5.51. The lowest BCUT2D eigenvalue weighted by atomic mass is 10.2. The van der Waals surface area contributed by atoms with Crippen LogP contribution >= 0.6 is 0 Å². The molecule has 0 saturated carbocycles. The molecule has 132 valence electrons. The Morgan fingerprint density at radius 2 is 1.77 bits per heavy atom. The van der Waals surface area contributed by atoms with Crippen LogP contribution in [0.4, 0.5) is 0 Å². The van der Waals surface area contributed by atoms with Crippen LogP contribution in [0.2, 0.25) is 0 Å². The number of hydrogen-bond donors (Lipinski definition) is 0. The zero-order valence-corrected chi connectivity index (χ0v) is 14.5. The minimum absolute atomic E-state index is 0.340. The van der Waals surface area contributed by atoms with Gasteiger partial charge >= 0.3 is 5.97 Å². The number of nitrogens with zero attached hydrogens (tertiary/aromatic N) is 2. The molecule has 1 heterocycles. The summed E-state index contributed by atoms with van der Waals surface area (Å²) >= 11 is 0. The summed E-state index contributed by atoms with van der Waals surface area (Å²) in [6.07, 6.45) is 3.06. The molecule has 0 aliphatic rings. The minimum atomic E-state index is -0.389. The number of hydrogen-bond acceptors (Lipinski definition) is 4. The number of esters is 1. The number of ether oxygens (including phenoxy) is 2. The van der Waals surface area contributed by atoms with Gasteiger partial charge in [0.1, 0.15) is 6.61 Å². The molecule has 5 heteroatoms. The van der Waals surface area contributed by atoms with Gasteiger partial charge in [0, 0.05) is 12.1 Å². The lowest BCUT2D eigenvalue weighted by molar-refractivity contribution is -0.137. The van der Waals surface area contributed by atoms with Crippen molar-refractivity contribution in [3.8, 4) is 11.6 Å². The lowest BCUT2D eigenvalue weighted by Crippen LogP contribution is -2.01. The van der Waals surface area contributed by atoms with Gasteiger partial charge in [-0.05, 0) is 30.7 Å². The smallest absolute Gasteiger partial charge is 0.330 e. The van der Waals surface area contributed by atoms with E-state index in [2.05, 4.69) is 5.10 Å². The molecule has 0 atom stereocenters. The molecule has 0 bridgehead atoms. The number of aromatic nitrogens is 2. The molecule has 0 unspecified atom stereocenters. The topological polar surface area (TPSA) is 53.4 Å². The molecule has 0 aliphatic carbocycles. The van der Waals surface area contributed by atoms with Crippen molar-refractivity contribution in [3.05, 3.63) is 84.1 Å². The minimum Gasteiger partial charge on any atom is -0.472 e. The van der Waals surface area contributed by atoms with Crippen molar-refractivity contribution in [3.63, 3.8) is 0 Å². The van der Waals surface area contributed by atoms with Gasteiger partial charge in [-0.15, -0.1) is 5.10 Å². The maximum atomic E-state index is 11.6. The van der Waals surface area contributed by atoms with E-state index in [4.69, 9.17) is 9.47 Å². The molecular weight excluding hydrogens is 328 g/mol. The van der Waals surface area contributed by atoms with Crippen molar-refractivity contribution in [1.29, 1.82) is 0 Å². The van der Waals surface area contributed by atoms with Gasteiger partial charge in [-0.25, -0.2) is 9.48 Å². The van der Waals surface area contributed by atoms with E-state index in [0.717, 1.165) is 16.9 Å². The standard InChI is InChI=1S/C21H20N2O3/c1-2-25-21(24)14-13-19-15-20(26-16-17-9-5-3-6-10-17)22-23(19)18-11-7-4-8-12-18/h3-15H,2,16H2,1H3/b14-13+. The predicted molar refractivity (Wildman–Crippen MR) is 100 cm³/mol. The van der Waals surface area contributed by atoms with Crippen LogP contribution in [0, 0.1) is 0 Å². The van der Waals surface area contributed by atoms with Crippen LogP contribution in [-0.2, 0) is 16.1 Å². The number of carbonyl (C=O) groups is 1. The second kappa shape index (κ2) is 8.67. The molecule has 0 fully saturated rings. The first-order chi connectivity index (χ1) is 12.8. The van der Waals surface area contributed by atoms with E-state index in [-0.39, 0.29) is 5.97 Å². The van der Waals surface area contributed by atoms with Gasteiger partial charge in [0.05, 0.1) is 18.0 Å². The van der Waals surface area contributed by atoms with E-state index >= 15 is 0 Å². The van der Waals surface area contributed by atoms with Crippen LogP contribution in [0.15, 0.2) is 72.8 Å². The third-order valence-electron chi connectivity index (χ3n) is 3.62. The summed E-state index contributed by atoms with van der Waals surface area (Å²) in [6.45, 7) is 2.54. The van der Waals surface area contributed by atoms with Crippen LogP contribution in [0.3, 0.4) is 0 Å². The van der Waals surface area contributed by atoms with Gasteiger partial charge in [-0.3, -0.25) is 0 Å². The Bertz CT molecular complexity index is 871. The first-order valence-corrected chi connectivity index (χ1v) is 8.43. The molecule has 2 aromatic carbocycles. The maximum Gasteiger partial charge on any atom is 0.330 e. The Balaban J connectivity index is 1.83. The van der Waals surface area contributed by atoms with Crippen LogP contribution in [0.5, 0.6) is 5.88 Å². The summed E-state index contributed by atoms with van der Waals surface area (Å²) in [5.74, 6) is 0.0984. The van der Waals surface area contributed by atoms with Gasteiger partial charge in [-0.2, -0.15) is 0 Å². The van der Waals surface area contributed by atoms with E-state index in [0.29, 0.717) is 19.1 Å². The van der Waals surface area contributed by atoms with Crippen molar-refractivity contribution in [2.75, 3.05) is 6.61 Å². The Labute approximate surface area is 152 Å². The molecule has 0 radical (unpaired) electrons. The predicted octanol–water partition coefficient (Wildman–Crippen LogP) is 4.03. The third kappa shape index (κ3) is 4.60. The van der Waals surface area contributed by atoms with Crippen LogP contribution in [0.1, 0.15) is 18.2 Å². The molecule has 1 aromatic heterocycles. The van der Waals surface area contributed by atoms with E-state index in [1.54, 1.807) is 23.7 Å². The largest absolute Gasteiger partial charge is 0.472 e. The van der Waals surface area contributed by atoms with Crippen LogP contribution in [0.25, 0.3) is 11.8 Å². The number of rotatable bonds is 7. The number of carbonyl (C=O) groups excluding carboxylic acids is 1. The van der Waals surface area contributed by atoms with Crippen molar-refractivity contribution in [1.82, 2.24) is 9.78 Å². The zero-order valence-electron chi connectivity index (χ0n) is 14.5.